The molecule has 0 spiro atoms. The van der Waals surface area contributed by atoms with Crippen molar-refractivity contribution < 1.29 is 10.2 Å². The highest BCUT2D eigenvalue weighted by Crippen LogP contribution is 2.31. The summed E-state index contributed by atoms with van der Waals surface area (Å²) in [6, 6.07) is 9.76. The molecule has 2 N–H and O–H groups in total. The second-order valence-electron chi connectivity index (χ2n) is 4.57. The largest absolute Gasteiger partial charge is 0.392 e. The van der Waals surface area contributed by atoms with Crippen molar-refractivity contribution in [2.75, 3.05) is 0 Å². The summed E-state index contributed by atoms with van der Waals surface area (Å²) >= 11 is 1.62. The van der Waals surface area contributed by atoms with Gasteiger partial charge in [0.1, 0.15) is 0 Å². The van der Waals surface area contributed by atoms with Crippen molar-refractivity contribution in [1.29, 1.82) is 0 Å². The molecule has 2 aromatic rings. The molecule has 0 atom stereocenters. The van der Waals surface area contributed by atoms with Crippen LogP contribution in [0.3, 0.4) is 0 Å². The fraction of sp³-hybridized carbons (Fsp3) is 0.286. The van der Waals surface area contributed by atoms with Gasteiger partial charge < -0.3 is 10.2 Å². The maximum atomic E-state index is 9.87. The van der Waals surface area contributed by atoms with E-state index < -0.39 is 5.60 Å². The van der Waals surface area contributed by atoms with E-state index in [9.17, 15) is 10.2 Å². The first-order chi connectivity index (χ1) is 8.02. The van der Waals surface area contributed by atoms with Gasteiger partial charge in [-0.2, -0.15) is 0 Å². The van der Waals surface area contributed by atoms with Crippen molar-refractivity contribution >= 4 is 11.3 Å². The Bertz CT molecular complexity index is 492. The SMILES string of the molecule is CC(C)(O)c1ccc(-c2sccc2CO)cc1. The summed E-state index contributed by atoms with van der Waals surface area (Å²) in [4.78, 5) is 1.09. The molecule has 0 amide bonds. The van der Waals surface area contributed by atoms with Gasteiger partial charge in [-0.05, 0) is 42.0 Å². The second-order valence-corrected chi connectivity index (χ2v) is 5.49. The highest BCUT2D eigenvalue weighted by molar-refractivity contribution is 7.13. The van der Waals surface area contributed by atoms with Crippen LogP contribution in [0.25, 0.3) is 10.4 Å². The molecule has 0 bridgehead atoms. The zero-order chi connectivity index (χ0) is 12.5. The Morgan fingerprint density at radius 1 is 1.12 bits per heavy atom. The van der Waals surface area contributed by atoms with Gasteiger partial charge >= 0.3 is 0 Å². The van der Waals surface area contributed by atoms with Gasteiger partial charge in [-0.15, -0.1) is 11.3 Å². The van der Waals surface area contributed by atoms with E-state index in [1.165, 1.54) is 0 Å². The summed E-state index contributed by atoms with van der Waals surface area (Å²) in [6.45, 7) is 3.60. The molecule has 0 saturated heterocycles. The van der Waals surface area contributed by atoms with Crippen LogP contribution in [0.5, 0.6) is 0 Å². The molecule has 0 radical (unpaired) electrons. The summed E-state index contributed by atoms with van der Waals surface area (Å²) in [5.41, 5.74) is 2.11. The van der Waals surface area contributed by atoms with Gasteiger partial charge in [0.25, 0.3) is 0 Å². The number of aliphatic hydroxyl groups is 2. The normalized spacial score (nSPS) is 11.8. The van der Waals surface area contributed by atoms with Crippen molar-refractivity contribution in [3.63, 3.8) is 0 Å². The molecule has 1 aromatic heterocycles. The van der Waals surface area contributed by atoms with Gasteiger partial charge in [-0.3, -0.25) is 0 Å². The first-order valence-corrected chi connectivity index (χ1v) is 6.41. The van der Waals surface area contributed by atoms with Gasteiger partial charge in [0.15, 0.2) is 0 Å². The summed E-state index contributed by atoms with van der Waals surface area (Å²) in [5, 5.41) is 21.1. The van der Waals surface area contributed by atoms with Gasteiger partial charge in [-0.1, -0.05) is 24.3 Å². The molecule has 1 aromatic carbocycles. The summed E-state index contributed by atoms with van der Waals surface area (Å²) in [7, 11) is 0. The molecule has 0 aliphatic carbocycles. The highest BCUT2D eigenvalue weighted by Gasteiger charge is 2.15. The van der Waals surface area contributed by atoms with Crippen LogP contribution >= 0.6 is 11.3 Å². The van der Waals surface area contributed by atoms with Crippen LogP contribution < -0.4 is 0 Å². The van der Waals surface area contributed by atoms with Crippen LogP contribution in [-0.4, -0.2) is 10.2 Å². The molecular formula is C14H16O2S. The molecule has 0 saturated carbocycles. The van der Waals surface area contributed by atoms with Crippen molar-refractivity contribution in [2.45, 2.75) is 26.1 Å². The Hall–Kier alpha value is -1.16. The average molecular weight is 248 g/mol. The molecule has 3 heteroatoms. The molecule has 0 aliphatic rings. The Kier molecular flexibility index (Phi) is 3.33. The minimum absolute atomic E-state index is 0.0616. The lowest BCUT2D eigenvalue weighted by atomic mass is 9.97. The molecule has 2 nitrogen and oxygen atoms in total. The number of rotatable bonds is 3. The van der Waals surface area contributed by atoms with E-state index in [-0.39, 0.29) is 6.61 Å². The average Bonchev–Trinajstić information content (AvgIpc) is 2.76. The molecule has 90 valence electrons. The zero-order valence-corrected chi connectivity index (χ0v) is 10.8. The number of hydrogen-bond donors (Lipinski definition) is 2. The van der Waals surface area contributed by atoms with Crippen molar-refractivity contribution in [2.24, 2.45) is 0 Å². The smallest absolute Gasteiger partial charge is 0.0840 e. The fourth-order valence-electron chi connectivity index (χ4n) is 1.74. The van der Waals surface area contributed by atoms with Gasteiger partial charge in [0.05, 0.1) is 12.2 Å². The Morgan fingerprint density at radius 2 is 1.76 bits per heavy atom. The molecule has 17 heavy (non-hydrogen) atoms. The fourth-order valence-corrected chi connectivity index (χ4v) is 2.67. The minimum atomic E-state index is -0.812. The minimum Gasteiger partial charge on any atom is -0.392 e. The first-order valence-electron chi connectivity index (χ1n) is 5.53. The zero-order valence-electron chi connectivity index (χ0n) is 9.97. The van der Waals surface area contributed by atoms with E-state index in [2.05, 4.69) is 0 Å². The first kappa shape index (κ1) is 12.3. The maximum absolute atomic E-state index is 9.87. The summed E-state index contributed by atoms with van der Waals surface area (Å²) in [5.74, 6) is 0. The van der Waals surface area contributed by atoms with Crippen LogP contribution in [0, 0.1) is 0 Å². The van der Waals surface area contributed by atoms with Crippen LogP contribution in [0.4, 0.5) is 0 Å². The van der Waals surface area contributed by atoms with E-state index in [0.717, 1.165) is 21.6 Å². The molecule has 1 heterocycles. The lowest BCUT2D eigenvalue weighted by molar-refractivity contribution is 0.0786. The van der Waals surface area contributed by atoms with E-state index in [1.807, 2.05) is 35.7 Å². The van der Waals surface area contributed by atoms with Crippen molar-refractivity contribution in [3.8, 4) is 10.4 Å². The number of hydrogen-bond acceptors (Lipinski definition) is 3. The van der Waals surface area contributed by atoms with E-state index in [4.69, 9.17) is 0 Å². The Morgan fingerprint density at radius 3 is 2.29 bits per heavy atom. The topological polar surface area (TPSA) is 40.5 Å². The lowest BCUT2D eigenvalue weighted by Crippen LogP contribution is -2.14. The highest BCUT2D eigenvalue weighted by atomic mass is 32.1. The van der Waals surface area contributed by atoms with Crippen molar-refractivity contribution in [1.82, 2.24) is 0 Å². The van der Waals surface area contributed by atoms with Crippen LogP contribution in [0.15, 0.2) is 35.7 Å². The molecule has 0 fully saturated rings. The van der Waals surface area contributed by atoms with Crippen LogP contribution in [0.1, 0.15) is 25.0 Å². The van der Waals surface area contributed by atoms with Gasteiger partial charge in [0.2, 0.25) is 0 Å². The number of aliphatic hydroxyl groups excluding tert-OH is 1. The van der Waals surface area contributed by atoms with E-state index in [0.29, 0.717) is 0 Å². The summed E-state index contributed by atoms with van der Waals surface area (Å²) in [6.07, 6.45) is 0. The second kappa shape index (κ2) is 4.61. The third-order valence-electron chi connectivity index (χ3n) is 2.77. The predicted octanol–water partition coefficient (Wildman–Crippen LogP) is 3.13. The van der Waals surface area contributed by atoms with Crippen molar-refractivity contribution in [3.05, 3.63) is 46.8 Å². The molecular weight excluding hydrogens is 232 g/mol. The lowest BCUT2D eigenvalue weighted by Gasteiger charge is -2.17. The van der Waals surface area contributed by atoms with E-state index in [1.54, 1.807) is 25.2 Å². The number of thiophene rings is 1. The number of benzene rings is 1. The van der Waals surface area contributed by atoms with Gasteiger partial charge in [-0.25, -0.2) is 0 Å². The third kappa shape index (κ3) is 2.57. The predicted molar refractivity (Wildman–Crippen MR) is 70.9 cm³/mol. The quantitative estimate of drug-likeness (QED) is 0.876. The van der Waals surface area contributed by atoms with Crippen LogP contribution in [-0.2, 0) is 12.2 Å². The van der Waals surface area contributed by atoms with Crippen LogP contribution in [0.2, 0.25) is 0 Å². The molecule has 0 aliphatic heterocycles. The Labute approximate surface area is 105 Å². The summed E-state index contributed by atoms with van der Waals surface area (Å²) < 4.78 is 0. The Balaban J connectivity index is 2.36. The standard InChI is InChI=1S/C14H16O2S/c1-14(2,16)12-5-3-10(4-6-12)13-11(9-15)7-8-17-13/h3-8,15-16H,9H2,1-2H3. The monoisotopic (exact) mass is 248 g/mol. The third-order valence-corrected chi connectivity index (χ3v) is 3.78. The van der Waals surface area contributed by atoms with Gasteiger partial charge in [0, 0.05) is 4.88 Å². The molecule has 0 unspecified atom stereocenters. The van der Waals surface area contributed by atoms with E-state index >= 15 is 0 Å². The molecule has 2 rings (SSSR count). The maximum Gasteiger partial charge on any atom is 0.0840 e.